The van der Waals surface area contributed by atoms with Crippen LogP contribution in [0.15, 0.2) is 79.0 Å². The molecule has 0 aliphatic heterocycles. The zero-order valence-electron chi connectivity index (χ0n) is 15.8. The first-order chi connectivity index (χ1) is 14.5. The summed E-state index contributed by atoms with van der Waals surface area (Å²) in [5, 5.41) is -0.479. The summed E-state index contributed by atoms with van der Waals surface area (Å²) in [6.45, 7) is 0.783. The molecule has 0 radical (unpaired) electrons. The zero-order chi connectivity index (χ0) is 21.1. The highest BCUT2D eigenvalue weighted by Crippen LogP contribution is 2.28. The van der Waals surface area contributed by atoms with Gasteiger partial charge in [0, 0.05) is 23.6 Å². The molecule has 0 unspecified atom stereocenters. The Morgan fingerprint density at radius 1 is 0.933 bits per heavy atom. The predicted molar refractivity (Wildman–Crippen MR) is 113 cm³/mol. The first-order valence-corrected chi connectivity index (χ1v) is 9.67. The molecule has 3 aromatic carbocycles. The number of nitrogens with zero attached hydrogens (tertiary/aromatic N) is 1. The van der Waals surface area contributed by atoms with E-state index < -0.39 is 11.0 Å². The van der Waals surface area contributed by atoms with Crippen molar-refractivity contribution in [2.45, 2.75) is 13.2 Å². The highest BCUT2D eigenvalue weighted by atomic mass is 35.5. The molecular formula is C24H17ClFNO3. The molecule has 0 bridgehead atoms. The van der Waals surface area contributed by atoms with Crippen LogP contribution >= 0.6 is 11.6 Å². The molecule has 0 saturated heterocycles. The van der Waals surface area contributed by atoms with E-state index in [1.54, 1.807) is 24.4 Å². The van der Waals surface area contributed by atoms with E-state index in [2.05, 4.69) is 0 Å². The molecule has 4 aromatic rings. The van der Waals surface area contributed by atoms with Crippen LogP contribution in [0.25, 0.3) is 10.9 Å². The molecule has 0 N–H and O–H groups in total. The second-order valence-corrected chi connectivity index (χ2v) is 7.20. The first-order valence-electron chi connectivity index (χ1n) is 9.29. The van der Waals surface area contributed by atoms with Gasteiger partial charge in [0.1, 0.15) is 18.2 Å². The Morgan fingerprint density at radius 2 is 1.67 bits per heavy atom. The lowest BCUT2D eigenvalue weighted by molar-refractivity contribution is -0.108. The van der Waals surface area contributed by atoms with E-state index in [1.807, 2.05) is 47.0 Å². The monoisotopic (exact) mass is 421 g/mol. The quantitative estimate of drug-likeness (QED) is 0.229. The second-order valence-electron chi connectivity index (χ2n) is 6.85. The van der Waals surface area contributed by atoms with Crippen LogP contribution in [-0.2, 0) is 17.9 Å². The second kappa shape index (κ2) is 8.51. The van der Waals surface area contributed by atoms with Crippen molar-refractivity contribution in [2.24, 2.45) is 0 Å². The number of hydrogen-bond acceptors (Lipinski definition) is 3. The minimum absolute atomic E-state index is 0.206. The minimum Gasteiger partial charge on any atom is -0.489 e. The molecule has 0 saturated carbocycles. The van der Waals surface area contributed by atoms with Crippen LogP contribution in [-0.4, -0.2) is 15.6 Å². The molecule has 150 valence electrons. The molecule has 30 heavy (non-hydrogen) atoms. The van der Waals surface area contributed by atoms with Crippen molar-refractivity contribution < 1.29 is 18.7 Å². The number of carbonyl (C=O) groups excluding carboxylic acids is 2. The lowest BCUT2D eigenvalue weighted by atomic mass is 10.1. The fourth-order valence-electron chi connectivity index (χ4n) is 3.31. The van der Waals surface area contributed by atoms with E-state index in [0.29, 0.717) is 24.3 Å². The van der Waals surface area contributed by atoms with Crippen LogP contribution in [0, 0.1) is 5.82 Å². The number of fused-ring (bicyclic) bond motifs is 1. The molecule has 0 aliphatic carbocycles. The van der Waals surface area contributed by atoms with Gasteiger partial charge < -0.3 is 9.30 Å². The van der Waals surface area contributed by atoms with Crippen molar-refractivity contribution >= 4 is 33.5 Å². The molecule has 0 fully saturated rings. The average molecular weight is 422 g/mol. The van der Waals surface area contributed by atoms with Gasteiger partial charge in [0.15, 0.2) is 0 Å². The highest BCUT2D eigenvalue weighted by molar-refractivity contribution is 6.83. The van der Waals surface area contributed by atoms with Gasteiger partial charge in [0.2, 0.25) is 5.78 Å². The maximum Gasteiger partial charge on any atom is 0.293 e. The molecule has 6 heteroatoms. The van der Waals surface area contributed by atoms with Crippen molar-refractivity contribution in [3.05, 3.63) is 102 Å². The number of rotatable bonds is 7. The number of hydrogen-bond donors (Lipinski definition) is 0. The number of Topliss-reactive ketones (excluding diaryl/α,β-unsaturated/α-hetero) is 1. The van der Waals surface area contributed by atoms with Gasteiger partial charge in [0.25, 0.3) is 5.24 Å². The van der Waals surface area contributed by atoms with Gasteiger partial charge in [-0.2, -0.15) is 0 Å². The predicted octanol–water partition coefficient (Wildman–Crippen LogP) is 5.36. The van der Waals surface area contributed by atoms with Crippen molar-refractivity contribution in [3.63, 3.8) is 0 Å². The van der Waals surface area contributed by atoms with E-state index in [0.717, 1.165) is 16.6 Å². The lowest BCUT2D eigenvalue weighted by Crippen LogP contribution is -2.06. The topological polar surface area (TPSA) is 48.3 Å². The van der Waals surface area contributed by atoms with Crippen LogP contribution in [0.5, 0.6) is 5.75 Å². The molecule has 4 nitrogen and oxygen atoms in total. The molecule has 0 amide bonds. The third-order valence-corrected chi connectivity index (χ3v) is 4.96. The third-order valence-electron chi connectivity index (χ3n) is 4.79. The summed E-state index contributed by atoms with van der Waals surface area (Å²) in [4.78, 5) is 23.9. The van der Waals surface area contributed by atoms with Crippen LogP contribution in [0.4, 0.5) is 4.39 Å². The van der Waals surface area contributed by atoms with Crippen molar-refractivity contribution in [1.29, 1.82) is 0 Å². The Kier molecular flexibility index (Phi) is 5.63. The SMILES string of the molecule is O=C(Cl)C(=O)c1cn(Cc2ccc(F)cc2)c2ccc(OCc3ccccc3)cc12. The van der Waals surface area contributed by atoms with E-state index in [9.17, 15) is 14.0 Å². The molecule has 0 atom stereocenters. The number of benzene rings is 3. The standard InChI is InChI=1S/C24H17ClFNO3/c25-24(29)23(28)21-14-27(13-16-6-8-18(26)9-7-16)22-11-10-19(12-20(21)22)30-15-17-4-2-1-3-5-17/h1-12,14H,13,15H2. The van der Waals surface area contributed by atoms with E-state index in [4.69, 9.17) is 16.3 Å². The third kappa shape index (κ3) is 4.26. The van der Waals surface area contributed by atoms with Gasteiger partial charge in [-0.15, -0.1) is 0 Å². The summed E-state index contributed by atoms with van der Waals surface area (Å²) in [7, 11) is 0. The number of ether oxygens (including phenoxy) is 1. The molecule has 0 spiro atoms. The van der Waals surface area contributed by atoms with Crippen molar-refractivity contribution in [1.82, 2.24) is 4.57 Å². The lowest BCUT2D eigenvalue weighted by Gasteiger charge is -2.08. The van der Waals surface area contributed by atoms with Crippen LogP contribution in [0.3, 0.4) is 0 Å². The molecule has 0 aliphatic rings. The van der Waals surface area contributed by atoms with Gasteiger partial charge in [-0.1, -0.05) is 42.5 Å². The maximum atomic E-state index is 13.2. The summed E-state index contributed by atoms with van der Waals surface area (Å²) < 4.78 is 20.9. The van der Waals surface area contributed by atoms with Crippen LogP contribution < -0.4 is 4.74 Å². The van der Waals surface area contributed by atoms with Gasteiger partial charge >= 0.3 is 0 Å². The van der Waals surface area contributed by atoms with Gasteiger partial charge in [-0.05, 0) is 53.1 Å². The molecule has 4 rings (SSSR count). The number of aromatic nitrogens is 1. The zero-order valence-corrected chi connectivity index (χ0v) is 16.6. The minimum atomic E-state index is -1.05. The maximum absolute atomic E-state index is 13.2. The van der Waals surface area contributed by atoms with Crippen LogP contribution in [0.1, 0.15) is 21.5 Å². The fraction of sp³-hybridized carbons (Fsp3) is 0.0833. The largest absolute Gasteiger partial charge is 0.489 e. The van der Waals surface area contributed by atoms with Gasteiger partial charge in [-0.25, -0.2) is 4.39 Å². The molecular weight excluding hydrogens is 405 g/mol. The van der Waals surface area contributed by atoms with Crippen molar-refractivity contribution in [2.75, 3.05) is 0 Å². The van der Waals surface area contributed by atoms with E-state index >= 15 is 0 Å². The molecule has 1 heterocycles. The van der Waals surface area contributed by atoms with E-state index in [1.165, 1.54) is 12.1 Å². The molecule has 1 aromatic heterocycles. The van der Waals surface area contributed by atoms with Crippen LogP contribution in [0.2, 0.25) is 0 Å². The Labute approximate surface area is 177 Å². The fourth-order valence-corrected chi connectivity index (χ4v) is 3.41. The average Bonchev–Trinajstić information content (AvgIpc) is 3.11. The highest BCUT2D eigenvalue weighted by Gasteiger charge is 2.20. The Morgan fingerprint density at radius 3 is 2.37 bits per heavy atom. The van der Waals surface area contributed by atoms with Gasteiger partial charge in [-0.3, -0.25) is 9.59 Å². The van der Waals surface area contributed by atoms with Gasteiger partial charge in [0.05, 0.1) is 5.56 Å². The van der Waals surface area contributed by atoms with Crippen molar-refractivity contribution in [3.8, 4) is 5.75 Å². The summed E-state index contributed by atoms with van der Waals surface area (Å²) in [5.41, 5.74) is 2.82. The summed E-state index contributed by atoms with van der Waals surface area (Å²) in [6.07, 6.45) is 1.59. The first kappa shape index (κ1) is 19.9. The summed E-state index contributed by atoms with van der Waals surface area (Å²) in [6, 6.07) is 21.2. The number of carbonyl (C=O) groups is 2. The summed E-state index contributed by atoms with van der Waals surface area (Å²) in [5.74, 6) is -0.526. The smallest absolute Gasteiger partial charge is 0.293 e. The van der Waals surface area contributed by atoms with E-state index in [-0.39, 0.29) is 11.4 Å². The normalized spacial score (nSPS) is 10.9. The Balaban J connectivity index is 1.69. The Bertz CT molecular complexity index is 1220. The Hall–Kier alpha value is -3.44. The number of ketones is 1. The number of halogens is 2. The summed E-state index contributed by atoms with van der Waals surface area (Å²) >= 11 is 5.46.